The normalized spacial score (nSPS) is 12.5. The quantitative estimate of drug-likeness (QED) is 0.926. The number of sulfone groups is 1. The topological polar surface area (TPSA) is 59.1 Å². The predicted molar refractivity (Wildman–Crippen MR) is 62.4 cm³/mol. The molecule has 0 unspecified atom stereocenters. The van der Waals surface area contributed by atoms with E-state index in [1.54, 1.807) is 0 Å². The maximum atomic E-state index is 12.3. The van der Waals surface area contributed by atoms with Gasteiger partial charge in [0, 0.05) is 19.0 Å². The second-order valence-electron chi connectivity index (χ2n) is 3.61. The second kappa shape index (κ2) is 5.31. The lowest BCUT2D eigenvalue weighted by molar-refractivity contribution is -0.137. The summed E-state index contributed by atoms with van der Waals surface area (Å²) in [5.74, 6) is -0.139. The first kappa shape index (κ1) is 15.0. The number of aromatic nitrogens is 1. The van der Waals surface area contributed by atoms with Gasteiger partial charge in [-0.25, -0.2) is 13.4 Å². The molecule has 18 heavy (non-hydrogen) atoms. The molecule has 0 saturated carbocycles. The lowest BCUT2D eigenvalue weighted by Gasteiger charge is -2.10. The highest BCUT2D eigenvalue weighted by Crippen LogP contribution is 2.32. The van der Waals surface area contributed by atoms with E-state index in [9.17, 15) is 21.6 Å². The molecule has 0 spiro atoms. The molecule has 0 saturated heterocycles. The van der Waals surface area contributed by atoms with Crippen molar-refractivity contribution >= 4 is 27.3 Å². The number of nitrogens with zero attached hydrogens (tertiary/aromatic N) is 1. The summed E-state index contributed by atoms with van der Waals surface area (Å²) >= 11 is 5.61. The maximum absolute atomic E-state index is 12.3. The monoisotopic (exact) mass is 302 g/mol. The van der Waals surface area contributed by atoms with Crippen molar-refractivity contribution in [3.63, 3.8) is 0 Å². The Morgan fingerprint density at radius 3 is 2.50 bits per heavy atom. The first-order valence-electron chi connectivity index (χ1n) is 4.74. The van der Waals surface area contributed by atoms with Gasteiger partial charge in [-0.1, -0.05) is 11.6 Å². The minimum Gasteiger partial charge on any atom is -0.368 e. The van der Waals surface area contributed by atoms with Gasteiger partial charge < -0.3 is 5.32 Å². The molecule has 1 aromatic heterocycles. The number of nitrogens with one attached hydrogen (secondary N) is 1. The molecular formula is C9H10ClF3N2O2S. The molecule has 4 nitrogen and oxygen atoms in total. The van der Waals surface area contributed by atoms with Gasteiger partial charge in [0.1, 0.15) is 15.7 Å². The molecule has 1 rings (SSSR count). The van der Waals surface area contributed by atoms with Crippen LogP contribution in [0.5, 0.6) is 0 Å². The zero-order valence-electron chi connectivity index (χ0n) is 9.25. The zero-order valence-corrected chi connectivity index (χ0v) is 10.8. The van der Waals surface area contributed by atoms with E-state index in [1.165, 1.54) is 0 Å². The van der Waals surface area contributed by atoms with Crippen LogP contribution < -0.4 is 5.32 Å². The summed E-state index contributed by atoms with van der Waals surface area (Å²) in [6.45, 7) is 0.0247. The van der Waals surface area contributed by atoms with Crippen molar-refractivity contribution in [2.45, 2.75) is 6.18 Å². The molecule has 1 heterocycles. The average molecular weight is 303 g/mol. The van der Waals surface area contributed by atoms with Crippen molar-refractivity contribution in [3.05, 3.63) is 22.8 Å². The number of pyridine rings is 1. The predicted octanol–water partition coefficient (Wildman–Crippen LogP) is 2.21. The number of rotatable bonds is 4. The summed E-state index contributed by atoms with van der Waals surface area (Å²) in [4.78, 5) is 3.51. The van der Waals surface area contributed by atoms with E-state index >= 15 is 0 Å². The van der Waals surface area contributed by atoms with Crippen molar-refractivity contribution < 1.29 is 21.6 Å². The zero-order chi connectivity index (χ0) is 14.0. The fourth-order valence-electron chi connectivity index (χ4n) is 1.08. The Morgan fingerprint density at radius 2 is 2.06 bits per heavy atom. The lowest BCUT2D eigenvalue weighted by atomic mass is 10.3. The molecule has 0 amide bonds. The van der Waals surface area contributed by atoms with E-state index in [0.29, 0.717) is 6.20 Å². The standard InChI is InChI=1S/C9H10ClF3N2O2S/c1-18(16,17)3-2-14-8-7(10)4-6(5-15-8)9(11,12)13/h4-5H,2-3H2,1H3,(H,14,15). The van der Waals surface area contributed by atoms with Gasteiger partial charge in [0.15, 0.2) is 0 Å². The summed E-state index contributed by atoms with van der Waals surface area (Å²) in [7, 11) is -3.15. The van der Waals surface area contributed by atoms with Crippen LogP contribution in [0, 0.1) is 0 Å². The van der Waals surface area contributed by atoms with Crippen LogP contribution in [-0.2, 0) is 16.0 Å². The Bertz CT molecular complexity index is 531. The number of hydrogen-bond acceptors (Lipinski definition) is 4. The maximum Gasteiger partial charge on any atom is 0.417 e. The molecule has 0 aliphatic heterocycles. The van der Waals surface area contributed by atoms with Crippen molar-refractivity contribution in [2.24, 2.45) is 0 Å². The minimum absolute atomic E-state index is 0.0216. The Kier molecular flexibility index (Phi) is 4.44. The Labute approximate surface area is 107 Å². The summed E-state index contributed by atoms with van der Waals surface area (Å²) < 4.78 is 58.6. The van der Waals surface area contributed by atoms with E-state index in [0.717, 1.165) is 12.3 Å². The van der Waals surface area contributed by atoms with E-state index in [4.69, 9.17) is 11.6 Å². The van der Waals surface area contributed by atoms with Gasteiger partial charge in [0.05, 0.1) is 16.3 Å². The molecule has 1 aromatic rings. The minimum atomic E-state index is -4.51. The third-order valence-electron chi connectivity index (χ3n) is 1.93. The molecule has 0 aliphatic carbocycles. The molecule has 1 N–H and O–H groups in total. The Balaban J connectivity index is 2.75. The van der Waals surface area contributed by atoms with Crippen LogP contribution >= 0.6 is 11.6 Å². The fourth-order valence-corrected chi connectivity index (χ4v) is 1.78. The summed E-state index contributed by atoms with van der Waals surface area (Å²) in [5, 5.41) is 2.35. The number of alkyl halides is 3. The van der Waals surface area contributed by atoms with E-state index in [2.05, 4.69) is 10.3 Å². The number of hydrogen-bond donors (Lipinski definition) is 1. The molecule has 0 aliphatic rings. The van der Waals surface area contributed by atoms with Crippen molar-refractivity contribution in [2.75, 3.05) is 23.9 Å². The summed E-state index contributed by atoms with van der Waals surface area (Å²) in [5.41, 5.74) is -0.957. The van der Waals surface area contributed by atoms with Crippen LogP contribution in [0.3, 0.4) is 0 Å². The van der Waals surface area contributed by atoms with E-state index in [1.807, 2.05) is 0 Å². The van der Waals surface area contributed by atoms with Gasteiger partial charge in [-0.3, -0.25) is 0 Å². The highest BCUT2D eigenvalue weighted by Gasteiger charge is 2.31. The molecule has 0 aromatic carbocycles. The number of anilines is 1. The average Bonchev–Trinajstić information content (AvgIpc) is 2.17. The molecule has 102 valence electrons. The third-order valence-corrected chi connectivity index (χ3v) is 3.17. The van der Waals surface area contributed by atoms with Crippen LogP contribution in [0.15, 0.2) is 12.3 Å². The fraction of sp³-hybridized carbons (Fsp3) is 0.444. The summed E-state index contributed by atoms with van der Waals surface area (Å²) in [6.07, 6.45) is -2.83. The highest BCUT2D eigenvalue weighted by molar-refractivity contribution is 7.90. The van der Waals surface area contributed by atoms with Crippen LogP contribution in [-0.4, -0.2) is 32.0 Å². The van der Waals surface area contributed by atoms with Crippen LogP contribution in [0.25, 0.3) is 0 Å². The van der Waals surface area contributed by atoms with Crippen LogP contribution in [0.4, 0.5) is 19.0 Å². The SMILES string of the molecule is CS(=O)(=O)CCNc1ncc(C(F)(F)F)cc1Cl. The third kappa shape index (κ3) is 4.69. The van der Waals surface area contributed by atoms with Crippen molar-refractivity contribution in [1.82, 2.24) is 4.98 Å². The smallest absolute Gasteiger partial charge is 0.368 e. The van der Waals surface area contributed by atoms with Crippen molar-refractivity contribution in [1.29, 1.82) is 0 Å². The summed E-state index contributed by atoms with van der Waals surface area (Å²) in [6, 6.07) is 0.733. The molecule has 0 atom stereocenters. The second-order valence-corrected chi connectivity index (χ2v) is 6.28. The van der Waals surface area contributed by atoms with Crippen LogP contribution in [0.2, 0.25) is 5.02 Å². The first-order valence-corrected chi connectivity index (χ1v) is 7.18. The lowest BCUT2D eigenvalue weighted by Crippen LogP contribution is -2.15. The Hall–Kier alpha value is -1.02. The Morgan fingerprint density at radius 1 is 1.44 bits per heavy atom. The molecule has 9 heteroatoms. The van der Waals surface area contributed by atoms with Gasteiger partial charge in [0.25, 0.3) is 0 Å². The molecule has 0 radical (unpaired) electrons. The van der Waals surface area contributed by atoms with Gasteiger partial charge in [0.2, 0.25) is 0 Å². The van der Waals surface area contributed by atoms with Crippen LogP contribution in [0.1, 0.15) is 5.56 Å². The largest absolute Gasteiger partial charge is 0.417 e. The van der Waals surface area contributed by atoms with Gasteiger partial charge in [-0.15, -0.1) is 0 Å². The molecule has 0 fully saturated rings. The van der Waals surface area contributed by atoms with Gasteiger partial charge >= 0.3 is 6.18 Å². The van der Waals surface area contributed by atoms with E-state index in [-0.39, 0.29) is 23.1 Å². The van der Waals surface area contributed by atoms with Gasteiger partial charge in [-0.05, 0) is 6.07 Å². The highest BCUT2D eigenvalue weighted by atomic mass is 35.5. The molecule has 0 bridgehead atoms. The van der Waals surface area contributed by atoms with E-state index < -0.39 is 21.6 Å². The first-order chi connectivity index (χ1) is 8.09. The van der Waals surface area contributed by atoms with Gasteiger partial charge in [-0.2, -0.15) is 13.2 Å². The van der Waals surface area contributed by atoms with Crippen molar-refractivity contribution in [3.8, 4) is 0 Å². The number of halogens is 4. The molecular weight excluding hydrogens is 293 g/mol.